The molecule has 0 bridgehead atoms. The molecule has 20 heavy (non-hydrogen) atoms. The first-order valence-corrected chi connectivity index (χ1v) is 6.62. The Bertz CT molecular complexity index is 524. The summed E-state index contributed by atoms with van der Waals surface area (Å²) in [5.74, 6) is -0.487. The van der Waals surface area contributed by atoms with Crippen molar-refractivity contribution in [3.05, 3.63) is 23.2 Å². The van der Waals surface area contributed by atoms with E-state index in [4.69, 9.17) is 17.3 Å². The van der Waals surface area contributed by atoms with E-state index >= 15 is 0 Å². The molecular formula is C14H20ClN3O2. The molecule has 0 aliphatic heterocycles. The average Bonchev–Trinajstić information content (AvgIpc) is 2.30. The van der Waals surface area contributed by atoms with Crippen LogP contribution in [-0.2, 0) is 9.59 Å². The second-order valence-corrected chi connectivity index (χ2v) is 6.12. The molecule has 110 valence electrons. The summed E-state index contributed by atoms with van der Waals surface area (Å²) < 4.78 is 0. The number of hydrogen-bond acceptors (Lipinski definition) is 3. The van der Waals surface area contributed by atoms with Gasteiger partial charge in [0.05, 0.1) is 16.8 Å². The van der Waals surface area contributed by atoms with E-state index in [0.29, 0.717) is 16.4 Å². The van der Waals surface area contributed by atoms with Crippen molar-refractivity contribution in [1.29, 1.82) is 0 Å². The van der Waals surface area contributed by atoms with Crippen molar-refractivity contribution in [3.63, 3.8) is 0 Å². The van der Waals surface area contributed by atoms with Crippen molar-refractivity contribution in [2.75, 3.05) is 10.6 Å². The summed E-state index contributed by atoms with van der Waals surface area (Å²) in [6.07, 6.45) is 0. The summed E-state index contributed by atoms with van der Waals surface area (Å²) in [6, 6.07) is 4.23. The summed E-state index contributed by atoms with van der Waals surface area (Å²) in [5, 5.41) is 5.65. The van der Waals surface area contributed by atoms with Gasteiger partial charge in [-0.2, -0.15) is 0 Å². The molecule has 0 heterocycles. The lowest BCUT2D eigenvalue weighted by Gasteiger charge is -2.25. The quantitative estimate of drug-likeness (QED) is 0.802. The summed E-state index contributed by atoms with van der Waals surface area (Å²) in [6.45, 7) is 7.08. The van der Waals surface area contributed by atoms with Gasteiger partial charge in [0.1, 0.15) is 0 Å². The van der Waals surface area contributed by atoms with Gasteiger partial charge in [-0.05, 0) is 23.6 Å². The fourth-order valence-corrected chi connectivity index (χ4v) is 1.72. The Hall–Kier alpha value is -1.59. The molecule has 0 aromatic heterocycles. The molecule has 0 aliphatic carbocycles. The topological polar surface area (TPSA) is 84.2 Å². The summed E-state index contributed by atoms with van der Waals surface area (Å²) in [4.78, 5) is 23.0. The van der Waals surface area contributed by atoms with Crippen LogP contribution in [0.2, 0.25) is 5.02 Å². The van der Waals surface area contributed by atoms with E-state index in [9.17, 15) is 9.59 Å². The lowest BCUT2D eigenvalue weighted by atomic mass is 9.87. The lowest BCUT2D eigenvalue weighted by molar-refractivity contribution is -0.119. The number of hydrogen-bond donors (Lipinski definition) is 3. The van der Waals surface area contributed by atoms with Crippen LogP contribution < -0.4 is 16.4 Å². The van der Waals surface area contributed by atoms with E-state index in [2.05, 4.69) is 10.6 Å². The zero-order chi connectivity index (χ0) is 15.5. The Morgan fingerprint density at radius 3 is 2.30 bits per heavy atom. The molecule has 0 saturated heterocycles. The summed E-state index contributed by atoms with van der Waals surface area (Å²) >= 11 is 6.03. The predicted molar refractivity (Wildman–Crippen MR) is 81.8 cm³/mol. The highest BCUT2D eigenvalue weighted by molar-refractivity contribution is 6.34. The third-order valence-corrected chi connectivity index (χ3v) is 3.08. The molecule has 1 atom stereocenters. The minimum atomic E-state index is -0.628. The van der Waals surface area contributed by atoms with Gasteiger partial charge >= 0.3 is 0 Å². The number of carbonyl (C=O) groups is 2. The molecule has 2 amide bonds. The van der Waals surface area contributed by atoms with Crippen LogP contribution in [0, 0.1) is 5.41 Å². The van der Waals surface area contributed by atoms with E-state index in [1.165, 1.54) is 6.92 Å². The van der Waals surface area contributed by atoms with Gasteiger partial charge in [-0.1, -0.05) is 32.4 Å². The average molecular weight is 298 g/mol. The highest BCUT2D eigenvalue weighted by atomic mass is 35.5. The largest absolute Gasteiger partial charge is 0.325 e. The van der Waals surface area contributed by atoms with Gasteiger partial charge in [0.2, 0.25) is 11.8 Å². The number of carbonyl (C=O) groups excluding carboxylic acids is 2. The standard InChI is InChI=1S/C14H20ClN3O2/c1-8(19)17-11-6-5-9(7-10(11)15)18-13(20)12(16)14(2,3)4/h5-7,12H,16H2,1-4H3,(H,17,19)(H,18,20)/t12-/m0/s1. The van der Waals surface area contributed by atoms with E-state index < -0.39 is 6.04 Å². The second kappa shape index (κ2) is 6.24. The fourth-order valence-electron chi connectivity index (χ4n) is 1.50. The van der Waals surface area contributed by atoms with Crippen molar-refractivity contribution in [3.8, 4) is 0 Å². The zero-order valence-corrected chi connectivity index (χ0v) is 12.8. The lowest BCUT2D eigenvalue weighted by Crippen LogP contribution is -2.45. The smallest absolute Gasteiger partial charge is 0.241 e. The predicted octanol–water partition coefficient (Wildman–Crippen LogP) is 2.61. The minimum absolute atomic E-state index is 0.210. The molecule has 1 aromatic rings. The molecule has 0 aliphatic rings. The van der Waals surface area contributed by atoms with Crippen molar-refractivity contribution in [1.82, 2.24) is 0 Å². The molecule has 6 heteroatoms. The molecule has 0 fully saturated rings. The van der Waals surface area contributed by atoms with Crippen LogP contribution in [0.5, 0.6) is 0 Å². The van der Waals surface area contributed by atoms with Gasteiger partial charge in [0.25, 0.3) is 0 Å². The summed E-state index contributed by atoms with van der Waals surface area (Å²) in [7, 11) is 0. The molecule has 1 aromatic carbocycles. The molecule has 0 radical (unpaired) electrons. The molecule has 0 spiro atoms. The van der Waals surface area contributed by atoms with Crippen LogP contribution in [0.15, 0.2) is 18.2 Å². The summed E-state index contributed by atoms with van der Waals surface area (Å²) in [5.41, 5.74) is 6.58. The number of amides is 2. The molecule has 0 unspecified atom stereocenters. The zero-order valence-electron chi connectivity index (χ0n) is 12.1. The normalized spacial score (nSPS) is 12.7. The minimum Gasteiger partial charge on any atom is -0.325 e. The Morgan fingerprint density at radius 1 is 1.25 bits per heavy atom. The molecule has 5 nitrogen and oxygen atoms in total. The molecule has 4 N–H and O–H groups in total. The fraction of sp³-hybridized carbons (Fsp3) is 0.429. The van der Waals surface area contributed by atoms with E-state index in [-0.39, 0.29) is 17.2 Å². The Labute approximate surface area is 123 Å². The van der Waals surface area contributed by atoms with Crippen molar-refractivity contribution in [2.45, 2.75) is 33.7 Å². The number of nitrogens with two attached hydrogens (primary N) is 1. The number of benzene rings is 1. The number of nitrogens with one attached hydrogen (secondary N) is 2. The Balaban J connectivity index is 2.82. The maximum Gasteiger partial charge on any atom is 0.241 e. The first-order valence-electron chi connectivity index (χ1n) is 6.25. The maximum absolute atomic E-state index is 12.0. The Morgan fingerprint density at radius 2 is 1.85 bits per heavy atom. The van der Waals surface area contributed by atoms with Crippen molar-refractivity contribution in [2.24, 2.45) is 11.1 Å². The monoisotopic (exact) mass is 297 g/mol. The van der Waals surface area contributed by atoms with E-state index in [1.807, 2.05) is 20.8 Å². The Kier molecular flexibility index (Phi) is 5.14. The third-order valence-electron chi connectivity index (χ3n) is 2.76. The third kappa shape index (κ3) is 4.51. The maximum atomic E-state index is 12.0. The van der Waals surface area contributed by atoms with Crippen LogP contribution in [0.3, 0.4) is 0 Å². The second-order valence-electron chi connectivity index (χ2n) is 5.71. The van der Waals surface area contributed by atoms with Gasteiger partial charge < -0.3 is 16.4 Å². The number of rotatable bonds is 3. The van der Waals surface area contributed by atoms with Gasteiger partial charge in [0.15, 0.2) is 0 Å². The van der Waals surface area contributed by atoms with Crippen LogP contribution in [-0.4, -0.2) is 17.9 Å². The number of anilines is 2. The van der Waals surface area contributed by atoms with Crippen molar-refractivity contribution < 1.29 is 9.59 Å². The van der Waals surface area contributed by atoms with Crippen LogP contribution in [0.4, 0.5) is 11.4 Å². The first kappa shape index (κ1) is 16.5. The van der Waals surface area contributed by atoms with E-state index in [0.717, 1.165) is 0 Å². The molecule has 0 saturated carbocycles. The van der Waals surface area contributed by atoms with Gasteiger partial charge in [-0.3, -0.25) is 9.59 Å². The first-order chi connectivity index (χ1) is 9.11. The van der Waals surface area contributed by atoms with Crippen LogP contribution in [0.1, 0.15) is 27.7 Å². The van der Waals surface area contributed by atoms with Gasteiger partial charge in [-0.15, -0.1) is 0 Å². The number of halogens is 1. The molecular weight excluding hydrogens is 278 g/mol. The van der Waals surface area contributed by atoms with Crippen molar-refractivity contribution >= 4 is 34.8 Å². The SMILES string of the molecule is CC(=O)Nc1ccc(NC(=O)[C@H](N)C(C)(C)C)cc1Cl. The van der Waals surface area contributed by atoms with Crippen LogP contribution in [0.25, 0.3) is 0 Å². The van der Waals surface area contributed by atoms with Gasteiger partial charge in [0, 0.05) is 12.6 Å². The van der Waals surface area contributed by atoms with Gasteiger partial charge in [-0.25, -0.2) is 0 Å². The molecule has 1 rings (SSSR count). The van der Waals surface area contributed by atoms with E-state index in [1.54, 1.807) is 18.2 Å². The highest BCUT2D eigenvalue weighted by Crippen LogP contribution is 2.26. The highest BCUT2D eigenvalue weighted by Gasteiger charge is 2.27. The van der Waals surface area contributed by atoms with Crippen LogP contribution >= 0.6 is 11.6 Å².